The number of nitrogens with one attached hydrogen (secondary N) is 1. The second-order valence-corrected chi connectivity index (χ2v) is 3.77. The molecule has 1 heterocycles. The van der Waals surface area contributed by atoms with Crippen LogP contribution < -0.4 is 5.73 Å². The average molecular weight is 224 g/mol. The molecule has 2 rings (SSSR count). The maximum atomic E-state index is 11.8. The first-order valence-corrected chi connectivity index (χ1v) is 4.91. The van der Waals surface area contributed by atoms with Gasteiger partial charge in [-0.1, -0.05) is 23.7 Å². The Morgan fingerprint density at radius 1 is 1.60 bits per heavy atom. The van der Waals surface area contributed by atoms with Gasteiger partial charge in [0.05, 0.1) is 11.6 Å². The molecule has 0 bridgehead atoms. The van der Waals surface area contributed by atoms with Gasteiger partial charge < -0.3 is 5.73 Å². The van der Waals surface area contributed by atoms with Crippen LogP contribution in [-0.2, 0) is 0 Å². The number of Topliss-reactive ketones (excluding diaryl/α,β-unsaturated/α-hetero) is 1. The molecule has 1 aromatic heterocycles. The molecular formula is C10H10ClN3O. The zero-order valence-electron chi connectivity index (χ0n) is 8.12. The van der Waals surface area contributed by atoms with Crippen LogP contribution >= 0.6 is 11.6 Å². The van der Waals surface area contributed by atoms with Gasteiger partial charge in [-0.05, 0) is 13.0 Å². The van der Waals surface area contributed by atoms with Crippen LogP contribution in [0, 0.1) is 0 Å². The van der Waals surface area contributed by atoms with Crippen LogP contribution in [0.1, 0.15) is 17.3 Å². The normalized spacial score (nSPS) is 13.0. The number of benzene rings is 1. The number of hydrogen-bond acceptors (Lipinski definition) is 3. The van der Waals surface area contributed by atoms with Gasteiger partial charge in [-0.25, -0.2) is 0 Å². The van der Waals surface area contributed by atoms with E-state index in [2.05, 4.69) is 10.2 Å². The molecule has 4 nitrogen and oxygen atoms in total. The summed E-state index contributed by atoms with van der Waals surface area (Å²) in [6, 6.07) is 4.71. The van der Waals surface area contributed by atoms with Crippen LogP contribution in [0.5, 0.6) is 0 Å². The van der Waals surface area contributed by atoms with E-state index >= 15 is 0 Å². The molecule has 0 fully saturated rings. The summed E-state index contributed by atoms with van der Waals surface area (Å²) in [5, 5.41) is 7.61. The van der Waals surface area contributed by atoms with Gasteiger partial charge in [-0.3, -0.25) is 9.89 Å². The molecule has 15 heavy (non-hydrogen) atoms. The Morgan fingerprint density at radius 2 is 2.33 bits per heavy atom. The van der Waals surface area contributed by atoms with Crippen molar-refractivity contribution in [3.63, 3.8) is 0 Å². The van der Waals surface area contributed by atoms with Crippen molar-refractivity contribution in [1.82, 2.24) is 10.2 Å². The SMILES string of the molecule is CC(N)C(=O)c1cccc2n[nH]c(Cl)c12. The van der Waals surface area contributed by atoms with E-state index < -0.39 is 6.04 Å². The first-order valence-electron chi connectivity index (χ1n) is 4.53. The third-order valence-corrected chi connectivity index (χ3v) is 2.49. The summed E-state index contributed by atoms with van der Waals surface area (Å²) in [6.07, 6.45) is 0. The predicted octanol–water partition coefficient (Wildman–Crippen LogP) is 1.75. The fourth-order valence-corrected chi connectivity index (χ4v) is 1.72. The predicted molar refractivity (Wildman–Crippen MR) is 59.1 cm³/mol. The standard InChI is InChI=1S/C10H10ClN3O/c1-5(12)9(15)6-3-2-4-7-8(6)10(11)14-13-7/h2-5H,12H2,1H3,(H,13,14). The number of halogens is 1. The zero-order valence-corrected chi connectivity index (χ0v) is 8.88. The number of aromatic nitrogens is 2. The van der Waals surface area contributed by atoms with Gasteiger partial charge in [0, 0.05) is 10.9 Å². The number of aromatic amines is 1. The van der Waals surface area contributed by atoms with Crippen LogP contribution in [0.25, 0.3) is 10.9 Å². The number of nitrogens with two attached hydrogens (primary N) is 1. The maximum Gasteiger partial charge on any atom is 0.180 e. The minimum atomic E-state index is -0.540. The third kappa shape index (κ3) is 1.62. The second kappa shape index (κ2) is 3.64. The Morgan fingerprint density at radius 3 is 3.00 bits per heavy atom. The summed E-state index contributed by atoms with van der Waals surface area (Å²) in [7, 11) is 0. The van der Waals surface area contributed by atoms with Crippen molar-refractivity contribution in [1.29, 1.82) is 0 Å². The van der Waals surface area contributed by atoms with Crippen molar-refractivity contribution < 1.29 is 4.79 Å². The highest BCUT2D eigenvalue weighted by Gasteiger charge is 2.17. The second-order valence-electron chi connectivity index (χ2n) is 3.39. The van der Waals surface area contributed by atoms with Gasteiger partial charge in [-0.2, -0.15) is 5.10 Å². The monoisotopic (exact) mass is 223 g/mol. The summed E-state index contributed by atoms with van der Waals surface area (Å²) >= 11 is 5.92. The average Bonchev–Trinajstić information content (AvgIpc) is 2.59. The Kier molecular flexibility index (Phi) is 2.46. The molecule has 2 aromatic rings. The summed E-state index contributed by atoms with van der Waals surface area (Å²) in [6.45, 7) is 1.65. The largest absolute Gasteiger partial charge is 0.321 e. The summed E-state index contributed by atoms with van der Waals surface area (Å²) in [5.41, 5.74) is 6.74. The Labute approximate surface area is 91.4 Å². The van der Waals surface area contributed by atoms with Gasteiger partial charge >= 0.3 is 0 Å². The topological polar surface area (TPSA) is 71.8 Å². The number of carbonyl (C=O) groups is 1. The number of hydrogen-bond donors (Lipinski definition) is 2. The third-order valence-electron chi connectivity index (χ3n) is 2.22. The minimum absolute atomic E-state index is 0.135. The van der Waals surface area contributed by atoms with E-state index in [1.54, 1.807) is 25.1 Å². The lowest BCUT2D eigenvalue weighted by Crippen LogP contribution is -2.26. The highest BCUT2D eigenvalue weighted by Crippen LogP contribution is 2.24. The van der Waals surface area contributed by atoms with Gasteiger partial charge in [-0.15, -0.1) is 0 Å². The molecule has 1 atom stereocenters. The van der Waals surface area contributed by atoms with E-state index in [9.17, 15) is 4.79 Å². The van der Waals surface area contributed by atoms with Crippen molar-refractivity contribution in [2.45, 2.75) is 13.0 Å². The van der Waals surface area contributed by atoms with E-state index in [4.69, 9.17) is 17.3 Å². The molecular weight excluding hydrogens is 214 g/mol. The molecule has 0 aliphatic heterocycles. The summed E-state index contributed by atoms with van der Waals surface area (Å²) in [5.74, 6) is -0.135. The first kappa shape index (κ1) is 10.1. The van der Waals surface area contributed by atoms with E-state index in [0.717, 1.165) is 0 Å². The Bertz CT molecular complexity index is 518. The molecule has 3 N–H and O–H groups in total. The van der Waals surface area contributed by atoms with Crippen LogP contribution in [0.3, 0.4) is 0 Å². The highest BCUT2D eigenvalue weighted by molar-refractivity contribution is 6.35. The molecule has 5 heteroatoms. The number of nitrogens with zero attached hydrogens (tertiary/aromatic N) is 1. The molecule has 0 saturated heterocycles. The Hall–Kier alpha value is -1.39. The van der Waals surface area contributed by atoms with Crippen LogP contribution in [0.4, 0.5) is 0 Å². The van der Waals surface area contributed by atoms with Crippen LogP contribution in [0.15, 0.2) is 18.2 Å². The van der Waals surface area contributed by atoms with E-state index in [1.807, 2.05) is 0 Å². The number of rotatable bonds is 2. The van der Waals surface area contributed by atoms with Crippen molar-refractivity contribution in [3.05, 3.63) is 28.9 Å². The van der Waals surface area contributed by atoms with Gasteiger partial charge in [0.2, 0.25) is 0 Å². The fraction of sp³-hybridized carbons (Fsp3) is 0.200. The molecule has 0 aliphatic carbocycles. The van der Waals surface area contributed by atoms with E-state index in [0.29, 0.717) is 21.6 Å². The van der Waals surface area contributed by atoms with E-state index in [-0.39, 0.29) is 5.78 Å². The molecule has 78 valence electrons. The van der Waals surface area contributed by atoms with Crippen molar-refractivity contribution in [2.75, 3.05) is 0 Å². The number of H-pyrrole nitrogens is 1. The van der Waals surface area contributed by atoms with Crippen molar-refractivity contribution >= 4 is 28.3 Å². The first-order chi connectivity index (χ1) is 7.11. The minimum Gasteiger partial charge on any atom is -0.321 e. The van der Waals surface area contributed by atoms with E-state index in [1.165, 1.54) is 0 Å². The van der Waals surface area contributed by atoms with Gasteiger partial charge in [0.15, 0.2) is 5.78 Å². The zero-order chi connectivity index (χ0) is 11.0. The quantitative estimate of drug-likeness (QED) is 0.762. The molecule has 0 aliphatic rings. The number of fused-ring (bicyclic) bond motifs is 1. The molecule has 1 aromatic carbocycles. The molecule has 0 spiro atoms. The Balaban J connectivity index is 2.70. The highest BCUT2D eigenvalue weighted by atomic mass is 35.5. The number of ketones is 1. The van der Waals surface area contributed by atoms with Crippen LogP contribution in [-0.4, -0.2) is 22.0 Å². The number of carbonyl (C=O) groups excluding carboxylic acids is 1. The van der Waals surface area contributed by atoms with Crippen molar-refractivity contribution in [3.8, 4) is 0 Å². The summed E-state index contributed by atoms with van der Waals surface area (Å²) in [4.78, 5) is 11.8. The molecule has 1 unspecified atom stereocenters. The maximum absolute atomic E-state index is 11.8. The fourth-order valence-electron chi connectivity index (χ4n) is 1.48. The van der Waals surface area contributed by atoms with Gasteiger partial charge in [0.1, 0.15) is 5.15 Å². The lowest BCUT2D eigenvalue weighted by molar-refractivity contribution is 0.0969. The molecule has 0 radical (unpaired) electrons. The summed E-state index contributed by atoms with van der Waals surface area (Å²) < 4.78 is 0. The van der Waals surface area contributed by atoms with Crippen molar-refractivity contribution in [2.24, 2.45) is 5.73 Å². The smallest absolute Gasteiger partial charge is 0.180 e. The molecule has 0 saturated carbocycles. The lowest BCUT2D eigenvalue weighted by Gasteiger charge is -2.05. The van der Waals surface area contributed by atoms with Gasteiger partial charge in [0.25, 0.3) is 0 Å². The van der Waals surface area contributed by atoms with Crippen LogP contribution in [0.2, 0.25) is 5.15 Å². The lowest BCUT2D eigenvalue weighted by atomic mass is 10.0. The molecule has 0 amide bonds.